The number of halogens is 2. The van der Waals surface area contributed by atoms with Gasteiger partial charge in [-0.05, 0) is 37.0 Å². The molecule has 2 aromatic rings. The Hall–Kier alpha value is -2.21. The lowest BCUT2D eigenvalue weighted by atomic mass is 10.2. The van der Waals surface area contributed by atoms with Crippen molar-refractivity contribution in [1.29, 1.82) is 0 Å². The minimum absolute atomic E-state index is 0.0204. The highest BCUT2D eigenvalue weighted by Gasteiger charge is 2.32. The standard InChI is InChI=1S/C18H18ClFN4O/c19-15-9-16(23-17(22-15)12-3-4-12)21-14-7-8-24(18(14)25)10-11-1-5-13(20)6-2-11/h1-2,5-6,9,12,14H,3-4,7-8,10H2,(H,21,22,23). The Bertz CT molecular complexity index is 794. The molecule has 7 heteroatoms. The topological polar surface area (TPSA) is 58.1 Å². The molecular weight excluding hydrogens is 343 g/mol. The average Bonchev–Trinajstić information content (AvgIpc) is 3.38. The summed E-state index contributed by atoms with van der Waals surface area (Å²) >= 11 is 6.08. The van der Waals surface area contributed by atoms with Gasteiger partial charge in [-0.3, -0.25) is 4.79 Å². The Morgan fingerprint density at radius 3 is 2.68 bits per heavy atom. The number of carbonyl (C=O) groups excluding carboxylic acids is 1. The molecule has 1 aromatic carbocycles. The number of nitrogens with zero attached hydrogens (tertiary/aromatic N) is 3. The van der Waals surface area contributed by atoms with Crippen molar-refractivity contribution in [2.24, 2.45) is 0 Å². The van der Waals surface area contributed by atoms with Crippen LogP contribution in [0.25, 0.3) is 0 Å². The van der Waals surface area contributed by atoms with Gasteiger partial charge in [0.1, 0.15) is 28.7 Å². The molecule has 2 heterocycles. The molecule has 4 rings (SSSR count). The molecular formula is C18H18ClFN4O. The Morgan fingerprint density at radius 2 is 1.96 bits per heavy atom. The van der Waals surface area contributed by atoms with Gasteiger partial charge in [0.25, 0.3) is 0 Å². The highest BCUT2D eigenvalue weighted by Crippen LogP contribution is 2.38. The third-order valence-corrected chi connectivity index (χ3v) is 4.75. The lowest BCUT2D eigenvalue weighted by Gasteiger charge is -2.17. The number of carbonyl (C=O) groups is 1. The van der Waals surface area contributed by atoms with Crippen LogP contribution in [0.15, 0.2) is 30.3 Å². The summed E-state index contributed by atoms with van der Waals surface area (Å²) in [7, 11) is 0. The van der Waals surface area contributed by atoms with Gasteiger partial charge in [0.2, 0.25) is 5.91 Å². The van der Waals surface area contributed by atoms with Gasteiger partial charge in [-0.1, -0.05) is 23.7 Å². The molecule has 1 amide bonds. The molecule has 1 saturated heterocycles. The zero-order chi connectivity index (χ0) is 17.4. The van der Waals surface area contributed by atoms with Gasteiger partial charge in [-0.25, -0.2) is 14.4 Å². The molecule has 2 aliphatic rings. The molecule has 130 valence electrons. The van der Waals surface area contributed by atoms with Crippen LogP contribution < -0.4 is 5.32 Å². The first-order chi connectivity index (χ1) is 12.1. The maximum atomic E-state index is 13.0. The smallest absolute Gasteiger partial charge is 0.245 e. The van der Waals surface area contributed by atoms with E-state index >= 15 is 0 Å². The normalized spacial score (nSPS) is 20.2. The van der Waals surface area contributed by atoms with Gasteiger partial charge >= 0.3 is 0 Å². The van der Waals surface area contributed by atoms with Gasteiger partial charge in [0.05, 0.1) is 0 Å². The van der Waals surface area contributed by atoms with E-state index in [1.54, 1.807) is 23.1 Å². The van der Waals surface area contributed by atoms with Crippen molar-refractivity contribution in [3.63, 3.8) is 0 Å². The van der Waals surface area contributed by atoms with Gasteiger partial charge in [0.15, 0.2) is 0 Å². The van der Waals surface area contributed by atoms with Gasteiger partial charge in [-0.15, -0.1) is 0 Å². The molecule has 1 aliphatic carbocycles. The maximum Gasteiger partial charge on any atom is 0.245 e. The van der Waals surface area contributed by atoms with E-state index in [2.05, 4.69) is 15.3 Å². The van der Waals surface area contributed by atoms with Gasteiger partial charge in [0, 0.05) is 25.1 Å². The van der Waals surface area contributed by atoms with Crippen LogP contribution in [-0.4, -0.2) is 33.4 Å². The first-order valence-corrected chi connectivity index (χ1v) is 8.80. The number of hydrogen-bond donors (Lipinski definition) is 1. The minimum Gasteiger partial charge on any atom is -0.358 e. The molecule has 5 nitrogen and oxygen atoms in total. The second-order valence-corrected chi connectivity index (χ2v) is 6.97. The van der Waals surface area contributed by atoms with Gasteiger partial charge in [-0.2, -0.15) is 0 Å². The van der Waals surface area contributed by atoms with Crippen molar-refractivity contribution >= 4 is 23.3 Å². The number of likely N-dealkylation sites (tertiary alicyclic amines) is 1. The molecule has 1 saturated carbocycles. The quantitative estimate of drug-likeness (QED) is 0.831. The summed E-state index contributed by atoms with van der Waals surface area (Å²) in [6.07, 6.45) is 2.88. The molecule has 2 fully saturated rings. The molecule has 1 unspecified atom stereocenters. The highest BCUT2D eigenvalue weighted by atomic mass is 35.5. The first-order valence-electron chi connectivity index (χ1n) is 8.43. The van der Waals surface area contributed by atoms with Gasteiger partial charge < -0.3 is 10.2 Å². The zero-order valence-electron chi connectivity index (χ0n) is 13.6. The van der Waals surface area contributed by atoms with Crippen molar-refractivity contribution in [3.05, 3.63) is 52.7 Å². The predicted molar refractivity (Wildman–Crippen MR) is 92.9 cm³/mol. The van der Waals surface area contributed by atoms with E-state index in [9.17, 15) is 9.18 Å². The fourth-order valence-electron chi connectivity index (χ4n) is 3.05. The van der Waals surface area contributed by atoms with E-state index in [0.29, 0.717) is 36.4 Å². The molecule has 1 aromatic heterocycles. The molecule has 1 aliphatic heterocycles. The van der Waals surface area contributed by atoms with E-state index in [4.69, 9.17) is 11.6 Å². The van der Waals surface area contributed by atoms with Crippen molar-refractivity contribution in [1.82, 2.24) is 14.9 Å². The van der Waals surface area contributed by atoms with Crippen LogP contribution in [0.5, 0.6) is 0 Å². The Labute approximate surface area is 150 Å². The third-order valence-electron chi connectivity index (χ3n) is 4.56. The summed E-state index contributed by atoms with van der Waals surface area (Å²) in [4.78, 5) is 23.1. The monoisotopic (exact) mass is 360 g/mol. The SMILES string of the molecule is O=C1C(Nc2cc(Cl)nc(C3CC3)n2)CCN1Cc1ccc(F)cc1. The fraction of sp³-hybridized carbons (Fsp3) is 0.389. The number of benzene rings is 1. The average molecular weight is 361 g/mol. The number of anilines is 1. The maximum absolute atomic E-state index is 13.0. The van der Waals surface area contributed by atoms with E-state index in [1.165, 1.54) is 12.1 Å². The van der Waals surface area contributed by atoms with E-state index < -0.39 is 0 Å². The summed E-state index contributed by atoms with van der Waals surface area (Å²) in [6, 6.07) is 7.56. The molecule has 1 atom stereocenters. The number of nitrogens with one attached hydrogen (secondary N) is 1. The largest absolute Gasteiger partial charge is 0.358 e. The van der Waals surface area contributed by atoms with E-state index in [1.807, 2.05) is 0 Å². The van der Waals surface area contributed by atoms with Crippen LogP contribution in [0.2, 0.25) is 5.15 Å². The number of amides is 1. The van der Waals surface area contributed by atoms with Crippen molar-refractivity contribution in [2.45, 2.75) is 37.8 Å². The molecule has 1 N–H and O–H groups in total. The molecule has 25 heavy (non-hydrogen) atoms. The molecule has 0 bridgehead atoms. The second kappa shape index (κ2) is 6.59. The van der Waals surface area contributed by atoms with Crippen molar-refractivity contribution in [2.75, 3.05) is 11.9 Å². The molecule has 0 spiro atoms. The fourth-order valence-corrected chi connectivity index (χ4v) is 3.24. The number of aromatic nitrogens is 2. The lowest BCUT2D eigenvalue weighted by molar-refractivity contribution is -0.128. The van der Waals surface area contributed by atoms with Crippen molar-refractivity contribution < 1.29 is 9.18 Å². The molecule has 0 radical (unpaired) electrons. The van der Waals surface area contributed by atoms with Crippen LogP contribution in [0.1, 0.15) is 36.6 Å². The lowest BCUT2D eigenvalue weighted by Crippen LogP contribution is -2.33. The summed E-state index contributed by atoms with van der Waals surface area (Å²) < 4.78 is 13.0. The summed E-state index contributed by atoms with van der Waals surface area (Å²) in [5.41, 5.74) is 0.913. The van der Waals surface area contributed by atoms with Crippen LogP contribution in [-0.2, 0) is 11.3 Å². The minimum atomic E-state index is -0.321. The van der Waals surface area contributed by atoms with Crippen LogP contribution in [0.4, 0.5) is 10.2 Å². The summed E-state index contributed by atoms with van der Waals surface area (Å²) in [5, 5.41) is 3.59. The van der Waals surface area contributed by atoms with Crippen molar-refractivity contribution in [3.8, 4) is 0 Å². The second-order valence-electron chi connectivity index (χ2n) is 6.58. The van der Waals surface area contributed by atoms with Crippen LogP contribution >= 0.6 is 11.6 Å². The predicted octanol–water partition coefficient (Wildman–Crippen LogP) is 3.36. The third kappa shape index (κ3) is 3.74. The number of hydrogen-bond acceptors (Lipinski definition) is 4. The van der Waals surface area contributed by atoms with E-state index in [0.717, 1.165) is 24.2 Å². The highest BCUT2D eigenvalue weighted by molar-refractivity contribution is 6.29. The number of rotatable bonds is 5. The Morgan fingerprint density at radius 1 is 1.20 bits per heavy atom. The Balaban J connectivity index is 1.42. The zero-order valence-corrected chi connectivity index (χ0v) is 14.3. The first kappa shape index (κ1) is 16.3. The summed E-state index contributed by atoms with van der Waals surface area (Å²) in [5.74, 6) is 1.50. The summed E-state index contributed by atoms with van der Waals surface area (Å²) in [6.45, 7) is 1.14. The van der Waals surface area contributed by atoms with Crippen LogP contribution in [0.3, 0.4) is 0 Å². The van der Waals surface area contributed by atoms with Crippen LogP contribution in [0, 0.1) is 5.82 Å². The Kier molecular flexibility index (Phi) is 4.29. The van der Waals surface area contributed by atoms with E-state index in [-0.39, 0.29) is 17.8 Å².